The van der Waals surface area contributed by atoms with E-state index in [9.17, 15) is 0 Å². The van der Waals surface area contributed by atoms with Gasteiger partial charge in [-0.2, -0.15) is 11.3 Å². The van der Waals surface area contributed by atoms with E-state index in [1.54, 1.807) is 11.3 Å². The van der Waals surface area contributed by atoms with E-state index in [1.807, 2.05) is 23.6 Å². The molecule has 1 aliphatic heterocycles. The smallest absolute Gasteiger partial charge is 0.127 e. The van der Waals surface area contributed by atoms with Crippen LogP contribution in [-0.4, -0.2) is 6.61 Å². The zero-order valence-corrected chi connectivity index (χ0v) is 11.3. The summed E-state index contributed by atoms with van der Waals surface area (Å²) in [7, 11) is 0. The molecule has 1 unspecified atom stereocenters. The Kier molecular flexibility index (Phi) is 3.03. The topological polar surface area (TPSA) is 9.23 Å². The molecule has 1 atom stereocenters. The number of alkyl halides is 1. The molecule has 0 fully saturated rings. The minimum atomic E-state index is -0.188. The summed E-state index contributed by atoms with van der Waals surface area (Å²) in [6.45, 7) is 0.718. The van der Waals surface area contributed by atoms with Crippen molar-refractivity contribution in [3.05, 3.63) is 50.7 Å². The number of thiophene rings is 1. The van der Waals surface area contributed by atoms with Gasteiger partial charge in [-0.05, 0) is 40.1 Å². The van der Waals surface area contributed by atoms with Crippen molar-refractivity contribution >= 4 is 34.5 Å². The van der Waals surface area contributed by atoms with Crippen LogP contribution >= 0.6 is 34.5 Å². The summed E-state index contributed by atoms with van der Waals surface area (Å²) in [5.41, 5.74) is 3.23. The number of ether oxygens (including phenoxy) is 1. The Bertz CT molecular complexity index is 537. The minimum absolute atomic E-state index is 0.188. The lowest BCUT2D eigenvalue weighted by molar-refractivity contribution is 0.353. The average Bonchev–Trinajstić information content (AvgIpc) is 2.97. The molecule has 2 heterocycles. The zero-order valence-electron chi connectivity index (χ0n) is 8.95. The third-order valence-corrected chi connectivity index (χ3v) is 4.29. The van der Waals surface area contributed by atoms with Crippen LogP contribution in [0.25, 0.3) is 0 Å². The van der Waals surface area contributed by atoms with Crippen molar-refractivity contribution in [1.29, 1.82) is 0 Å². The standard InChI is InChI=1S/C13H10Cl2OS/c14-10-5-8-1-3-16-13(8)11(6-10)12(15)9-2-4-17-7-9/h2,4-7,12H,1,3H2. The van der Waals surface area contributed by atoms with E-state index in [1.165, 1.54) is 0 Å². The lowest BCUT2D eigenvalue weighted by Gasteiger charge is -2.13. The molecule has 0 N–H and O–H groups in total. The first-order valence-corrected chi connectivity index (χ1v) is 7.12. The second kappa shape index (κ2) is 4.52. The maximum atomic E-state index is 6.50. The van der Waals surface area contributed by atoms with Gasteiger partial charge in [-0.3, -0.25) is 0 Å². The normalized spacial score (nSPS) is 15.4. The number of rotatable bonds is 2. The van der Waals surface area contributed by atoms with E-state index < -0.39 is 0 Å². The van der Waals surface area contributed by atoms with Gasteiger partial charge >= 0.3 is 0 Å². The fraction of sp³-hybridized carbons (Fsp3) is 0.231. The fourth-order valence-electron chi connectivity index (χ4n) is 2.08. The second-order valence-electron chi connectivity index (χ2n) is 4.00. The number of fused-ring (bicyclic) bond motifs is 1. The predicted octanol–water partition coefficient (Wildman–Crippen LogP) is 4.66. The van der Waals surface area contributed by atoms with Crippen LogP contribution in [0.4, 0.5) is 0 Å². The zero-order chi connectivity index (χ0) is 11.8. The Morgan fingerprint density at radius 2 is 2.24 bits per heavy atom. The van der Waals surface area contributed by atoms with E-state index in [0.717, 1.165) is 40.5 Å². The maximum absolute atomic E-state index is 6.50. The fourth-order valence-corrected chi connectivity index (χ4v) is 3.39. The van der Waals surface area contributed by atoms with Gasteiger partial charge in [-0.15, -0.1) is 11.6 Å². The van der Waals surface area contributed by atoms with Gasteiger partial charge in [0.2, 0.25) is 0 Å². The monoisotopic (exact) mass is 284 g/mol. The summed E-state index contributed by atoms with van der Waals surface area (Å²) in [5, 5.41) is 4.62. The van der Waals surface area contributed by atoms with Gasteiger partial charge in [0.15, 0.2) is 0 Å². The molecule has 0 bridgehead atoms. The molecular formula is C13H10Cl2OS. The molecular weight excluding hydrogens is 275 g/mol. The van der Waals surface area contributed by atoms with Crippen molar-refractivity contribution < 1.29 is 4.74 Å². The van der Waals surface area contributed by atoms with Crippen molar-refractivity contribution in [1.82, 2.24) is 0 Å². The van der Waals surface area contributed by atoms with Gasteiger partial charge in [0.05, 0.1) is 12.0 Å². The Morgan fingerprint density at radius 3 is 3.00 bits per heavy atom. The molecule has 0 amide bonds. The van der Waals surface area contributed by atoms with E-state index >= 15 is 0 Å². The molecule has 3 rings (SSSR count). The van der Waals surface area contributed by atoms with Crippen molar-refractivity contribution in [2.24, 2.45) is 0 Å². The highest BCUT2D eigenvalue weighted by molar-refractivity contribution is 7.08. The van der Waals surface area contributed by atoms with Gasteiger partial charge in [0, 0.05) is 17.0 Å². The van der Waals surface area contributed by atoms with Gasteiger partial charge in [0.25, 0.3) is 0 Å². The molecule has 17 heavy (non-hydrogen) atoms. The lowest BCUT2D eigenvalue weighted by Crippen LogP contribution is -1.96. The molecule has 0 aliphatic carbocycles. The third kappa shape index (κ3) is 2.05. The highest BCUT2D eigenvalue weighted by atomic mass is 35.5. The van der Waals surface area contributed by atoms with Crippen LogP contribution in [0, 0.1) is 0 Å². The summed E-state index contributed by atoms with van der Waals surface area (Å²) in [5.74, 6) is 0.917. The summed E-state index contributed by atoms with van der Waals surface area (Å²) >= 11 is 14.3. The highest BCUT2D eigenvalue weighted by Crippen LogP contribution is 2.41. The van der Waals surface area contributed by atoms with Crippen molar-refractivity contribution in [3.8, 4) is 5.75 Å². The molecule has 1 aliphatic rings. The highest BCUT2D eigenvalue weighted by Gasteiger charge is 2.23. The molecule has 1 aromatic carbocycles. The first-order valence-electron chi connectivity index (χ1n) is 5.37. The van der Waals surface area contributed by atoms with Crippen LogP contribution < -0.4 is 4.74 Å². The van der Waals surface area contributed by atoms with Crippen molar-refractivity contribution in [3.63, 3.8) is 0 Å². The molecule has 2 aromatic rings. The molecule has 1 aromatic heterocycles. The number of hydrogen-bond acceptors (Lipinski definition) is 2. The van der Waals surface area contributed by atoms with Crippen LogP contribution in [0.5, 0.6) is 5.75 Å². The largest absolute Gasteiger partial charge is 0.493 e. The summed E-state index contributed by atoms with van der Waals surface area (Å²) in [4.78, 5) is 0. The van der Waals surface area contributed by atoms with Crippen LogP contribution in [-0.2, 0) is 6.42 Å². The summed E-state index contributed by atoms with van der Waals surface area (Å²) in [6, 6.07) is 5.90. The minimum Gasteiger partial charge on any atom is -0.493 e. The van der Waals surface area contributed by atoms with E-state index in [2.05, 4.69) is 5.38 Å². The summed E-state index contributed by atoms with van der Waals surface area (Å²) < 4.78 is 5.66. The van der Waals surface area contributed by atoms with Crippen molar-refractivity contribution in [2.75, 3.05) is 6.61 Å². The van der Waals surface area contributed by atoms with Crippen LogP contribution in [0.2, 0.25) is 5.02 Å². The number of benzene rings is 1. The average molecular weight is 285 g/mol. The van der Waals surface area contributed by atoms with Crippen molar-refractivity contribution in [2.45, 2.75) is 11.8 Å². The van der Waals surface area contributed by atoms with Gasteiger partial charge in [-0.1, -0.05) is 11.6 Å². The maximum Gasteiger partial charge on any atom is 0.127 e. The lowest BCUT2D eigenvalue weighted by atomic mass is 10.0. The molecule has 0 saturated carbocycles. The molecule has 4 heteroatoms. The SMILES string of the molecule is Clc1cc2c(c(C(Cl)c3ccsc3)c1)OCC2. The number of hydrogen-bond donors (Lipinski definition) is 0. The van der Waals surface area contributed by atoms with Gasteiger partial charge in [0.1, 0.15) is 5.75 Å². The molecule has 0 radical (unpaired) electrons. The predicted molar refractivity (Wildman–Crippen MR) is 72.7 cm³/mol. The van der Waals surface area contributed by atoms with E-state index in [0.29, 0.717) is 0 Å². The second-order valence-corrected chi connectivity index (χ2v) is 5.65. The van der Waals surface area contributed by atoms with Crippen LogP contribution in [0.3, 0.4) is 0 Å². The van der Waals surface area contributed by atoms with E-state index in [-0.39, 0.29) is 5.38 Å². The van der Waals surface area contributed by atoms with E-state index in [4.69, 9.17) is 27.9 Å². The molecule has 88 valence electrons. The third-order valence-electron chi connectivity index (χ3n) is 2.89. The quantitative estimate of drug-likeness (QED) is 0.729. The van der Waals surface area contributed by atoms with Crippen LogP contribution in [0.1, 0.15) is 22.1 Å². The van der Waals surface area contributed by atoms with Crippen LogP contribution in [0.15, 0.2) is 29.0 Å². The molecule has 0 spiro atoms. The molecule has 1 nitrogen and oxygen atoms in total. The Hall–Kier alpha value is -0.700. The first-order chi connectivity index (χ1) is 8.25. The Labute approximate surface area is 114 Å². The first kappa shape index (κ1) is 11.4. The molecule has 0 saturated heterocycles. The Balaban J connectivity index is 2.09. The van der Waals surface area contributed by atoms with Gasteiger partial charge in [-0.25, -0.2) is 0 Å². The number of halogens is 2. The van der Waals surface area contributed by atoms with Gasteiger partial charge < -0.3 is 4.74 Å². The Morgan fingerprint density at radius 1 is 1.35 bits per heavy atom. The summed E-state index contributed by atoms with van der Waals surface area (Å²) in [6.07, 6.45) is 0.913.